The molecule has 0 radical (unpaired) electrons. The molecular weight excluding hydrogens is 368 g/mol. The number of likely N-dealkylation sites (tertiary alicyclic amines) is 1. The molecule has 146 valence electrons. The SMILES string of the molecule is CSc1nnc(CC2CCN(C(=O)C3CNNC3n3cnnn3)CC2)n1C. The highest BCUT2D eigenvalue weighted by molar-refractivity contribution is 7.98. The quantitative estimate of drug-likeness (QED) is 0.632. The maximum absolute atomic E-state index is 13.0. The van der Waals surface area contributed by atoms with Crippen LogP contribution in [0.5, 0.6) is 0 Å². The summed E-state index contributed by atoms with van der Waals surface area (Å²) in [6.45, 7) is 2.12. The Bertz CT molecular complexity index is 770. The Morgan fingerprint density at radius 3 is 2.81 bits per heavy atom. The number of tetrazole rings is 1. The molecule has 2 aromatic heterocycles. The summed E-state index contributed by atoms with van der Waals surface area (Å²) < 4.78 is 3.65. The molecule has 0 aromatic carbocycles. The molecule has 4 heterocycles. The summed E-state index contributed by atoms with van der Waals surface area (Å²) in [6.07, 6.45) is 6.15. The molecule has 4 rings (SSSR count). The fraction of sp³-hybridized carbons (Fsp3) is 0.733. The molecule has 2 aromatic rings. The zero-order chi connectivity index (χ0) is 18.8. The van der Waals surface area contributed by atoms with Crippen molar-refractivity contribution in [3.63, 3.8) is 0 Å². The highest BCUT2D eigenvalue weighted by Gasteiger charge is 2.38. The van der Waals surface area contributed by atoms with Crippen molar-refractivity contribution < 1.29 is 4.79 Å². The van der Waals surface area contributed by atoms with Crippen LogP contribution in [0.4, 0.5) is 0 Å². The van der Waals surface area contributed by atoms with Crippen LogP contribution in [0.3, 0.4) is 0 Å². The Hall–Kier alpha value is -2.05. The van der Waals surface area contributed by atoms with Crippen LogP contribution in [-0.2, 0) is 18.3 Å². The molecule has 2 aliphatic heterocycles. The molecule has 2 aliphatic rings. The highest BCUT2D eigenvalue weighted by Crippen LogP contribution is 2.26. The van der Waals surface area contributed by atoms with E-state index in [2.05, 4.69) is 41.1 Å². The number of nitrogens with one attached hydrogen (secondary N) is 2. The van der Waals surface area contributed by atoms with Crippen molar-refractivity contribution in [3.05, 3.63) is 12.2 Å². The largest absolute Gasteiger partial charge is 0.342 e. The minimum atomic E-state index is -0.256. The Kier molecular flexibility index (Phi) is 5.36. The van der Waals surface area contributed by atoms with Crippen LogP contribution in [0.25, 0.3) is 0 Å². The van der Waals surface area contributed by atoms with Gasteiger partial charge in [-0.3, -0.25) is 10.2 Å². The van der Waals surface area contributed by atoms with Gasteiger partial charge in [-0.2, -0.15) is 0 Å². The summed E-state index contributed by atoms with van der Waals surface area (Å²) in [5.41, 5.74) is 6.14. The molecule has 2 saturated heterocycles. The lowest BCUT2D eigenvalue weighted by Gasteiger charge is -2.34. The van der Waals surface area contributed by atoms with E-state index in [0.717, 1.165) is 43.3 Å². The third-order valence-electron chi connectivity index (χ3n) is 5.43. The van der Waals surface area contributed by atoms with E-state index in [4.69, 9.17) is 0 Å². The maximum Gasteiger partial charge on any atom is 0.230 e. The number of rotatable bonds is 5. The summed E-state index contributed by atoms with van der Waals surface area (Å²) >= 11 is 1.60. The second-order valence-electron chi connectivity index (χ2n) is 7.00. The van der Waals surface area contributed by atoms with Gasteiger partial charge in [0.25, 0.3) is 0 Å². The van der Waals surface area contributed by atoms with Crippen molar-refractivity contribution in [1.82, 2.24) is 50.7 Å². The highest BCUT2D eigenvalue weighted by atomic mass is 32.2. The second-order valence-corrected chi connectivity index (χ2v) is 7.77. The predicted octanol–water partition coefficient (Wildman–Crippen LogP) is -0.773. The smallest absolute Gasteiger partial charge is 0.230 e. The number of hydrogen-bond acceptors (Lipinski definition) is 9. The van der Waals surface area contributed by atoms with E-state index in [-0.39, 0.29) is 18.0 Å². The van der Waals surface area contributed by atoms with Gasteiger partial charge in [0.2, 0.25) is 5.91 Å². The lowest BCUT2D eigenvalue weighted by molar-refractivity contribution is -0.137. The van der Waals surface area contributed by atoms with Crippen molar-refractivity contribution in [2.75, 3.05) is 25.9 Å². The molecule has 11 nitrogen and oxygen atoms in total. The van der Waals surface area contributed by atoms with Crippen LogP contribution in [-0.4, -0.2) is 71.7 Å². The van der Waals surface area contributed by atoms with Crippen LogP contribution >= 0.6 is 11.8 Å². The number of piperidine rings is 1. The topological polar surface area (TPSA) is 119 Å². The van der Waals surface area contributed by atoms with Gasteiger partial charge in [0.05, 0.1) is 5.92 Å². The van der Waals surface area contributed by atoms with Gasteiger partial charge in [-0.05, 0) is 35.4 Å². The van der Waals surface area contributed by atoms with Crippen LogP contribution < -0.4 is 10.9 Å². The zero-order valence-corrected chi connectivity index (χ0v) is 16.3. The summed E-state index contributed by atoms with van der Waals surface area (Å²) in [5, 5.41) is 20.7. The van der Waals surface area contributed by atoms with Crippen molar-refractivity contribution in [1.29, 1.82) is 0 Å². The van der Waals surface area contributed by atoms with E-state index < -0.39 is 0 Å². The molecule has 2 atom stereocenters. The van der Waals surface area contributed by atoms with Gasteiger partial charge in [0.15, 0.2) is 5.16 Å². The fourth-order valence-corrected chi connectivity index (χ4v) is 4.31. The Morgan fingerprint density at radius 2 is 2.15 bits per heavy atom. The van der Waals surface area contributed by atoms with E-state index in [9.17, 15) is 4.79 Å². The molecule has 1 amide bonds. The molecule has 12 heteroatoms. The van der Waals surface area contributed by atoms with E-state index >= 15 is 0 Å². The summed E-state index contributed by atoms with van der Waals surface area (Å²) in [7, 11) is 2.01. The number of aromatic nitrogens is 7. The van der Waals surface area contributed by atoms with Crippen molar-refractivity contribution >= 4 is 17.7 Å². The average Bonchev–Trinajstić information content (AvgIpc) is 3.43. The zero-order valence-electron chi connectivity index (χ0n) is 15.4. The van der Waals surface area contributed by atoms with Gasteiger partial charge in [-0.25, -0.2) is 10.1 Å². The lowest BCUT2D eigenvalue weighted by atomic mass is 9.92. The van der Waals surface area contributed by atoms with Gasteiger partial charge in [-0.1, -0.05) is 11.8 Å². The van der Waals surface area contributed by atoms with Gasteiger partial charge in [0.1, 0.15) is 18.3 Å². The first-order valence-corrected chi connectivity index (χ1v) is 10.3. The minimum absolute atomic E-state index is 0.148. The van der Waals surface area contributed by atoms with Gasteiger partial charge >= 0.3 is 0 Å². The van der Waals surface area contributed by atoms with Crippen molar-refractivity contribution in [2.45, 2.75) is 30.6 Å². The van der Waals surface area contributed by atoms with Crippen LogP contribution in [0.15, 0.2) is 11.5 Å². The number of hydrogen-bond donors (Lipinski definition) is 2. The first kappa shape index (κ1) is 18.3. The first-order chi connectivity index (χ1) is 13.2. The molecule has 27 heavy (non-hydrogen) atoms. The number of nitrogens with zero attached hydrogens (tertiary/aromatic N) is 8. The van der Waals surface area contributed by atoms with Gasteiger partial charge in [0, 0.05) is 33.1 Å². The average molecular weight is 392 g/mol. The molecule has 2 unspecified atom stereocenters. The molecule has 2 N–H and O–H groups in total. The van der Waals surface area contributed by atoms with E-state index in [0.29, 0.717) is 12.5 Å². The number of hydrazine groups is 1. The van der Waals surface area contributed by atoms with E-state index in [1.807, 2.05) is 18.2 Å². The summed E-state index contributed by atoms with van der Waals surface area (Å²) in [4.78, 5) is 15.0. The van der Waals surface area contributed by atoms with Gasteiger partial charge in [-0.15, -0.1) is 15.3 Å². The lowest BCUT2D eigenvalue weighted by Crippen LogP contribution is -2.45. The van der Waals surface area contributed by atoms with Crippen molar-refractivity contribution in [2.24, 2.45) is 18.9 Å². The molecule has 0 spiro atoms. The minimum Gasteiger partial charge on any atom is -0.342 e. The number of amides is 1. The Morgan fingerprint density at radius 1 is 1.33 bits per heavy atom. The van der Waals surface area contributed by atoms with Crippen LogP contribution in [0, 0.1) is 11.8 Å². The summed E-state index contributed by atoms with van der Waals surface area (Å²) in [6, 6.07) is 0. The van der Waals surface area contributed by atoms with Gasteiger partial charge < -0.3 is 9.47 Å². The molecular formula is C15H24N10OS. The van der Waals surface area contributed by atoms with Crippen molar-refractivity contribution in [3.8, 4) is 0 Å². The second kappa shape index (κ2) is 7.90. The monoisotopic (exact) mass is 392 g/mol. The third kappa shape index (κ3) is 3.69. The van der Waals surface area contributed by atoms with E-state index in [1.165, 1.54) is 6.33 Å². The summed E-state index contributed by atoms with van der Waals surface area (Å²) in [5.74, 6) is 1.48. The number of carbonyl (C=O) groups excluding carboxylic acids is 1. The Labute approximate surface area is 161 Å². The molecule has 0 aliphatic carbocycles. The van der Waals surface area contributed by atoms with E-state index in [1.54, 1.807) is 16.4 Å². The third-order valence-corrected chi connectivity index (χ3v) is 6.15. The molecule has 2 fully saturated rings. The first-order valence-electron chi connectivity index (χ1n) is 9.09. The van der Waals surface area contributed by atoms with Crippen LogP contribution in [0.2, 0.25) is 0 Å². The number of thioether (sulfide) groups is 1. The standard InChI is InChI=1S/C15H24N10OS/c1-23-12(18-20-15(23)27-2)7-10-3-5-24(6-4-10)14(26)11-8-16-19-13(11)25-9-17-21-22-25/h9-11,13,16,19H,3-8H2,1-2H3. The Balaban J connectivity index is 1.33. The number of carbonyl (C=O) groups is 1. The predicted molar refractivity (Wildman–Crippen MR) is 97.3 cm³/mol. The fourth-order valence-electron chi connectivity index (χ4n) is 3.81. The van der Waals surface area contributed by atoms with Crippen LogP contribution in [0.1, 0.15) is 24.8 Å². The maximum atomic E-state index is 13.0. The molecule has 0 bridgehead atoms. The molecule has 0 saturated carbocycles. The normalized spacial score (nSPS) is 23.9.